The standard InChI is InChI=1S/C23H20ClFN4O5S2/c1-34-18-4-2-3-14(22(18)31)10-26-15-6-8-20(27-11-15)36(32,33)29-23-28-21(19(12-30)35-23)13-5-7-17(25)16(24)9-13/h2-9,11,26,30-31H,10,12H2,1H3,(H,28,29). The Morgan fingerprint density at radius 2 is 2.00 bits per heavy atom. The number of nitrogens with one attached hydrogen (secondary N) is 2. The lowest BCUT2D eigenvalue weighted by Crippen LogP contribution is -2.14. The van der Waals surface area contributed by atoms with Gasteiger partial charge in [-0.2, -0.15) is 8.42 Å². The van der Waals surface area contributed by atoms with Gasteiger partial charge in [0.05, 0.1) is 41.2 Å². The largest absolute Gasteiger partial charge is 0.504 e. The summed E-state index contributed by atoms with van der Waals surface area (Å²) in [7, 11) is -2.63. The lowest BCUT2D eigenvalue weighted by molar-refractivity contribution is 0.286. The van der Waals surface area contributed by atoms with Crippen molar-refractivity contribution in [2.24, 2.45) is 0 Å². The number of aromatic hydroxyl groups is 1. The molecule has 4 rings (SSSR count). The van der Waals surface area contributed by atoms with Gasteiger partial charge < -0.3 is 20.3 Å². The number of aliphatic hydroxyl groups excluding tert-OH is 1. The Morgan fingerprint density at radius 3 is 2.67 bits per heavy atom. The highest BCUT2D eigenvalue weighted by Crippen LogP contribution is 2.34. The van der Waals surface area contributed by atoms with Crippen LogP contribution in [0.5, 0.6) is 11.5 Å². The van der Waals surface area contributed by atoms with E-state index in [0.717, 1.165) is 17.4 Å². The van der Waals surface area contributed by atoms with Crippen LogP contribution in [0.2, 0.25) is 5.02 Å². The summed E-state index contributed by atoms with van der Waals surface area (Å²) in [5, 5.41) is 22.6. The normalized spacial score (nSPS) is 11.3. The van der Waals surface area contributed by atoms with E-state index < -0.39 is 22.4 Å². The third-order valence-electron chi connectivity index (χ3n) is 5.05. The van der Waals surface area contributed by atoms with Crippen LogP contribution in [-0.2, 0) is 23.2 Å². The van der Waals surface area contributed by atoms with Crippen molar-refractivity contribution in [3.63, 3.8) is 0 Å². The van der Waals surface area contributed by atoms with Gasteiger partial charge in [-0.25, -0.2) is 14.4 Å². The van der Waals surface area contributed by atoms with Crippen LogP contribution < -0.4 is 14.8 Å². The number of ether oxygens (including phenoxy) is 1. The zero-order valence-electron chi connectivity index (χ0n) is 18.7. The number of para-hydroxylation sites is 1. The molecule has 188 valence electrons. The summed E-state index contributed by atoms with van der Waals surface area (Å²) in [6, 6.07) is 11.9. The van der Waals surface area contributed by atoms with Gasteiger partial charge in [0.1, 0.15) is 5.82 Å². The van der Waals surface area contributed by atoms with Crippen LogP contribution in [0.15, 0.2) is 59.8 Å². The number of phenolic OH excluding ortho intramolecular Hbond substituents is 1. The molecule has 0 spiro atoms. The number of thiazole rings is 1. The summed E-state index contributed by atoms with van der Waals surface area (Å²) in [6.07, 6.45) is 1.35. The van der Waals surface area contributed by atoms with Crippen LogP contribution in [0, 0.1) is 5.82 Å². The molecule has 4 N–H and O–H groups in total. The molecule has 2 aromatic carbocycles. The summed E-state index contributed by atoms with van der Waals surface area (Å²) in [5.41, 5.74) is 1.84. The predicted octanol–water partition coefficient (Wildman–Crippen LogP) is 4.62. The SMILES string of the molecule is COc1cccc(CNc2ccc(S(=O)(=O)Nc3nc(-c4ccc(F)c(Cl)c4)c(CO)s3)nc2)c1O. The second-order valence-corrected chi connectivity index (χ2v) is 10.5. The molecule has 36 heavy (non-hydrogen) atoms. The zero-order chi connectivity index (χ0) is 25.9. The fourth-order valence-corrected chi connectivity index (χ4v) is 5.45. The average Bonchev–Trinajstić information content (AvgIpc) is 3.27. The first-order valence-electron chi connectivity index (χ1n) is 10.4. The van der Waals surface area contributed by atoms with Gasteiger partial charge in [-0.15, -0.1) is 0 Å². The molecule has 2 aromatic heterocycles. The third kappa shape index (κ3) is 5.51. The number of sulfonamides is 1. The van der Waals surface area contributed by atoms with E-state index in [1.807, 2.05) is 0 Å². The van der Waals surface area contributed by atoms with Gasteiger partial charge in [-0.1, -0.05) is 35.1 Å². The van der Waals surface area contributed by atoms with Crippen molar-refractivity contribution in [1.29, 1.82) is 0 Å². The molecule has 13 heteroatoms. The Bertz CT molecular complexity index is 1500. The minimum atomic E-state index is -4.09. The van der Waals surface area contributed by atoms with Crippen molar-refractivity contribution in [3.8, 4) is 22.8 Å². The van der Waals surface area contributed by atoms with E-state index >= 15 is 0 Å². The minimum absolute atomic E-state index is 0.00648. The number of benzene rings is 2. The average molecular weight is 551 g/mol. The summed E-state index contributed by atoms with van der Waals surface area (Å²) in [4.78, 5) is 8.64. The zero-order valence-corrected chi connectivity index (χ0v) is 21.1. The topological polar surface area (TPSA) is 134 Å². The first-order chi connectivity index (χ1) is 17.2. The molecule has 0 radical (unpaired) electrons. The second kappa shape index (κ2) is 10.7. The van der Waals surface area contributed by atoms with Crippen molar-refractivity contribution in [2.75, 3.05) is 17.1 Å². The number of aromatic nitrogens is 2. The molecule has 2 heterocycles. The molecule has 4 aromatic rings. The number of nitrogens with zero attached hydrogens (tertiary/aromatic N) is 2. The quantitative estimate of drug-likeness (QED) is 0.237. The predicted molar refractivity (Wildman–Crippen MR) is 135 cm³/mol. The number of halogens is 2. The highest BCUT2D eigenvalue weighted by molar-refractivity contribution is 7.92. The monoisotopic (exact) mass is 550 g/mol. The van der Waals surface area contributed by atoms with Crippen LogP contribution in [-0.4, -0.2) is 35.7 Å². The molecule has 0 saturated heterocycles. The van der Waals surface area contributed by atoms with Crippen molar-refractivity contribution in [1.82, 2.24) is 9.97 Å². The highest BCUT2D eigenvalue weighted by Gasteiger charge is 2.21. The first kappa shape index (κ1) is 25.6. The Kier molecular flexibility index (Phi) is 7.59. The van der Waals surface area contributed by atoms with E-state index in [1.165, 1.54) is 37.6 Å². The van der Waals surface area contributed by atoms with E-state index in [9.17, 15) is 23.0 Å². The van der Waals surface area contributed by atoms with Crippen molar-refractivity contribution >= 4 is 43.8 Å². The van der Waals surface area contributed by atoms with Crippen LogP contribution in [0.4, 0.5) is 15.2 Å². The molecular weight excluding hydrogens is 531 g/mol. The maximum absolute atomic E-state index is 13.5. The molecule has 0 aliphatic rings. The molecule has 0 unspecified atom stereocenters. The number of hydrogen-bond acceptors (Lipinski definition) is 9. The van der Waals surface area contributed by atoms with Crippen molar-refractivity contribution < 1.29 is 27.8 Å². The molecule has 0 saturated carbocycles. The van der Waals surface area contributed by atoms with E-state index in [4.69, 9.17) is 16.3 Å². The van der Waals surface area contributed by atoms with Gasteiger partial charge in [-0.3, -0.25) is 4.72 Å². The number of phenols is 1. The molecule has 9 nitrogen and oxygen atoms in total. The highest BCUT2D eigenvalue weighted by atomic mass is 35.5. The smallest absolute Gasteiger partial charge is 0.281 e. The van der Waals surface area contributed by atoms with Gasteiger partial charge in [0.15, 0.2) is 21.7 Å². The van der Waals surface area contributed by atoms with Crippen LogP contribution in [0.3, 0.4) is 0 Å². The summed E-state index contributed by atoms with van der Waals surface area (Å²) in [5.74, 6) is -0.250. The molecule has 0 fully saturated rings. The van der Waals surface area contributed by atoms with E-state index in [2.05, 4.69) is 20.0 Å². The fraction of sp³-hybridized carbons (Fsp3) is 0.130. The van der Waals surface area contributed by atoms with Gasteiger partial charge in [0, 0.05) is 17.7 Å². The summed E-state index contributed by atoms with van der Waals surface area (Å²) >= 11 is 6.78. The summed E-state index contributed by atoms with van der Waals surface area (Å²) in [6.45, 7) is -0.139. The summed E-state index contributed by atoms with van der Waals surface area (Å²) < 4.78 is 46.6. The lowest BCUT2D eigenvalue weighted by atomic mass is 10.1. The van der Waals surface area contributed by atoms with Crippen LogP contribution in [0.25, 0.3) is 11.3 Å². The van der Waals surface area contributed by atoms with E-state index in [1.54, 1.807) is 18.2 Å². The van der Waals surface area contributed by atoms with E-state index in [-0.39, 0.29) is 33.2 Å². The lowest BCUT2D eigenvalue weighted by Gasteiger charge is -2.11. The molecular formula is C23H20ClFN4O5S2. The number of methoxy groups -OCH3 is 1. The Labute approximate surface area is 215 Å². The Hall–Kier alpha value is -3.45. The molecule has 0 atom stereocenters. The third-order valence-corrected chi connectivity index (χ3v) is 7.68. The van der Waals surface area contributed by atoms with Gasteiger partial charge in [0.2, 0.25) is 0 Å². The van der Waals surface area contributed by atoms with Crippen molar-refractivity contribution in [2.45, 2.75) is 18.2 Å². The maximum atomic E-state index is 13.5. The Morgan fingerprint density at radius 1 is 1.19 bits per heavy atom. The fourth-order valence-electron chi connectivity index (χ4n) is 3.26. The van der Waals surface area contributed by atoms with Crippen LogP contribution >= 0.6 is 22.9 Å². The molecule has 0 aliphatic carbocycles. The molecule has 0 aliphatic heterocycles. The number of hydrogen-bond donors (Lipinski definition) is 4. The van der Waals surface area contributed by atoms with E-state index in [0.29, 0.717) is 27.4 Å². The van der Waals surface area contributed by atoms with Crippen molar-refractivity contribution in [3.05, 3.63) is 76.0 Å². The minimum Gasteiger partial charge on any atom is -0.504 e. The number of anilines is 2. The molecule has 0 bridgehead atoms. The first-order valence-corrected chi connectivity index (χ1v) is 13.0. The Balaban J connectivity index is 1.48. The van der Waals surface area contributed by atoms with Gasteiger partial charge >= 0.3 is 0 Å². The second-order valence-electron chi connectivity index (χ2n) is 7.39. The number of aliphatic hydroxyl groups is 1. The number of rotatable bonds is 9. The number of pyridine rings is 1. The van der Waals surface area contributed by atoms with Gasteiger partial charge in [-0.05, 0) is 36.4 Å². The van der Waals surface area contributed by atoms with Crippen LogP contribution in [0.1, 0.15) is 10.4 Å². The maximum Gasteiger partial charge on any atom is 0.281 e. The molecule has 0 amide bonds. The van der Waals surface area contributed by atoms with Gasteiger partial charge in [0.25, 0.3) is 10.0 Å².